The maximum atomic E-state index is 11.5. The van der Waals surface area contributed by atoms with Gasteiger partial charge in [-0.1, -0.05) is 30.0 Å². The molecular weight excluding hydrogens is 278 g/mol. The van der Waals surface area contributed by atoms with Crippen LogP contribution in [0.25, 0.3) is 11.3 Å². The third-order valence-corrected chi connectivity index (χ3v) is 2.66. The lowest BCUT2D eigenvalue weighted by molar-refractivity contribution is 0.0535. The number of hydrogen-bond donors (Lipinski definition) is 2. The van der Waals surface area contributed by atoms with Gasteiger partial charge in [-0.2, -0.15) is 5.10 Å². The van der Waals surface area contributed by atoms with Gasteiger partial charge >= 0.3 is 6.09 Å². The number of ether oxygens (including phenoxy) is 1. The first-order chi connectivity index (χ1) is 10.5. The molecule has 0 radical (unpaired) electrons. The molecule has 0 aliphatic heterocycles. The van der Waals surface area contributed by atoms with E-state index in [-0.39, 0.29) is 6.54 Å². The molecule has 0 saturated heterocycles. The lowest BCUT2D eigenvalue weighted by Crippen LogP contribution is -2.32. The Labute approximate surface area is 130 Å². The zero-order valence-corrected chi connectivity index (χ0v) is 12.9. The Hall–Kier alpha value is -2.74. The number of nitrogens with one attached hydrogen (secondary N) is 2. The molecule has 1 aromatic carbocycles. The number of alkyl carbamates (subject to hydrolysis) is 1. The van der Waals surface area contributed by atoms with Gasteiger partial charge < -0.3 is 10.1 Å². The number of aromatic amines is 1. The van der Waals surface area contributed by atoms with Crippen LogP contribution < -0.4 is 5.32 Å². The number of benzene rings is 1. The quantitative estimate of drug-likeness (QED) is 0.837. The van der Waals surface area contributed by atoms with Gasteiger partial charge in [0.2, 0.25) is 0 Å². The Morgan fingerprint density at radius 1 is 1.32 bits per heavy atom. The summed E-state index contributed by atoms with van der Waals surface area (Å²) in [5.74, 6) is 5.98. The highest BCUT2D eigenvalue weighted by Gasteiger charge is 2.15. The van der Waals surface area contributed by atoms with Gasteiger partial charge in [0, 0.05) is 17.3 Å². The highest BCUT2D eigenvalue weighted by Crippen LogP contribution is 2.20. The van der Waals surface area contributed by atoms with Crippen LogP contribution in [0.15, 0.2) is 36.5 Å². The average molecular weight is 297 g/mol. The predicted molar refractivity (Wildman–Crippen MR) is 85.1 cm³/mol. The van der Waals surface area contributed by atoms with Crippen LogP contribution in [0.4, 0.5) is 4.79 Å². The number of aromatic nitrogens is 2. The monoisotopic (exact) mass is 297 g/mol. The summed E-state index contributed by atoms with van der Waals surface area (Å²) in [7, 11) is 0. The predicted octanol–water partition coefficient (Wildman–Crippen LogP) is 2.95. The van der Waals surface area contributed by atoms with Crippen molar-refractivity contribution in [3.63, 3.8) is 0 Å². The molecule has 1 amide bonds. The Bertz CT molecular complexity index is 689. The number of carbonyl (C=O) groups is 1. The molecule has 0 atom stereocenters. The van der Waals surface area contributed by atoms with Crippen molar-refractivity contribution in [1.82, 2.24) is 15.5 Å². The van der Waals surface area contributed by atoms with Gasteiger partial charge in [-0.25, -0.2) is 4.79 Å². The molecule has 0 aliphatic carbocycles. The van der Waals surface area contributed by atoms with Crippen molar-refractivity contribution >= 4 is 6.09 Å². The first-order valence-electron chi connectivity index (χ1n) is 7.00. The van der Waals surface area contributed by atoms with Crippen molar-refractivity contribution in [3.05, 3.63) is 42.1 Å². The van der Waals surface area contributed by atoms with Gasteiger partial charge in [-0.05, 0) is 32.9 Å². The van der Waals surface area contributed by atoms with Crippen LogP contribution >= 0.6 is 0 Å². The third-order valence-electron chi connectivity index (χ3n) is 2.66. The summed E-state index contributed by atoms with van der Waals surface area (Å²) in [4.78, 5) is 11.5. The molecule has 22 heavy (non-hydrogen) atoms. The summed E-state index contributed by atoms with van der Waals surface area (Å²) in [6.07, 6.45) is 1.23. The lowest BCUT2D eigenvalue weighted by atomic mass is 10.1. The van der Waals surface area contributed by atoms with E-state index in [1.54, 1.807) is 6.20 Å². The second-order valence-electron chi connectivity index (χ2n) is 5.67. The second-order valence-corrected chi connectivity index (χ2v) is 5.67. The zero-order chi connectivity index (χ0) is 16.0. The van der Waals surface area contributed by atoms with E-state index in [2.05, 4.69) is 27.4 Å². The Kier molecular flexibility index (Phi) is 4.84. The topological polar surface area (TPSA) is 67.0 Å². The van der Waals surface area contributed by atoms with Crippen molar-refractivity contribution in [3.8, 4) is 23.1 Å². The van der Waals surface area contributed by atoms with Crippen molar-refractivity contribution in [2.24, 2.45) is 0 Å². The summed E-state index contributed by atoms with van der Waals surface area (Å²) in [5.41, 5.74) is 2.25. The molecule has 0 saturated carbocycles. The molecule has 114 valence electrons. The lowest BCUT2D eigenvalue weighted by Gasteiger charge is -2.19. The number of hydrogen-bond acceptors (Lipinski definition) is 3. The SMILES string of the molecule is CC(C)(C)OC(=O)NCC#Cc1ccccc1-c1ccn[nH]1. The molecule has 5 nitrogen and oxygen atoms in total. The third kappa shape index (κ3) is 4.67. The van der Waals surface area contributed by atoms with Crippen molar-refractivity contribution in [2.45, 2.75) is 26.4 Å². The van der Waals surface area contributed by atoms with E-state index in [1.165, 1.54) is 0 Å². The van der Waals surface area contributed by atoms with Crippen molar-refractivity contribution in [1.29, 1.82) is 0 Å². The Balaban J connectivity index is 2.00. The molecule has 0 spiro atoms. The fraction of sp³-hybridized carbons (Fsp3) is 0.294. The van der Waals surface area contributed by atoms with E-state index >= 15 is 0 Å². The maximum Gasteiger partial charge on any atom is 0.408 e. The highest BCUT2D eigenvalue weighted by atomic mass is 16.6. The number of carbonyl (C=O) groups excluding carboxylic acids is 1. The summed E-state index contributed by atoms with van der Waals surface area (Å²) >= 11 is 0. The fourth-order valence-electron chi connectivity index (χ4n) is 1.80. The van der Waals surface area contributed by atoms with Crippen LogP contribution in [-0.2, 0) is 4.74 Å². The molecule has 5 heteroatoms. The van der Waals surface area contributed by atoms with Gasteiger partial charge in [0.05, 0.1) is 12.2 Å². The highest BCUT2D eigenvalue weighted by molar-refractivity contribution is 5.69. The first kappa shape index (κ1) is 15.6. The number of amides is 1. The fourth-order valence-corrected chi connectivity index (χ4v) is 1.80. The van der Waals surface area contributed by atoms with Gasteiger partial charge in [0.25, 0.3) is 0 Å². The van der Waals surface area contributed by atoms with Crippen molar-refractivity contribution in [2.75, 3.05) is 6.54 Å². The first-order valence-corrected chi connectivity index (χ1v) is 7.00. The maximum absolute atomic E-state index is 11.5. The molecule has 1 aromatic heterocycles. The molecule has 0 aliphatic rings. The molecule has 0 bridgehead atoms. The van der Waals surface area contributed by atoms with Crippen LogP contribution in [0, 0.1) is 11.8 Å². The molecule has 0 fully saturated rings. The number of H-pyrrole nitrogens is 1. The molecule has 0 unspecified atom stereocenters. The van der Waals surface area contributed by atoms with E-state index in [4.69, 9.17) is 4.74 Å². The summed E-state index contributed by atoms with van der Waals surface area (Å²) in [6, 6.07) is 9.65. The standard InChI is InChI=1S/C17H19N3O2/c1-17(2,3)22-16(21)18-11-6-8-13-7-4-5-9-14(13)15-10-12-19-20-15/h4-5,7,9-10,12H,11H2,1-3H3,(H,18,21)(H,19,20). The van der Waals surface area contributed by atoms with E-state index < -0.39 is 11.7 Å². The summed E-state index contributed by atoms with van der Waals surface area (Å²) in [5, 5.41) is 9.48. The second kappa shape index (κ2) is 6.81. The smallest absolute Gasteiger partial charge is 0.408 e. The van der Waals surface area contributed by atoms with E-state index in [9.17, 15) is 4.79 Å². The van der Waals surface area contributed by atoms with Gasteiger partial charge in [0.1, 0.15) is 5.60 Å². The Morgan fingerprint density at radius 2 is 2.09 bits per heavy atom. The largest absolute Gasteiger partial charge is 0.444 e. The van der Waals surface area contributed by atoms with Crippen LogP contribution in [0.5, 0.6) is 0 Å². The van der Waals surface area contributed by atoms with Crippen LogP contribution in [0.1, 0.15) is 26.3 Å². The molecule has 1 heterocycles. The van der Waals surface area contributed by atoms with Gasteiger partial charge in [-0.3, -0.25) is 5.10 Å². The van der Waals surface area contributed by atoms with Crippen LogP contribution in [-0.4, -0.2) is 28.4 Å². The number of nitrogens with zero attached hydrogens (tertiary/aromatic N) is 1. The van der Waals surface area contributed by atoms with Gasteiger partial charge in [0.15, 0.2) is 0 Å². The number of rotatable bonds is 2. The zero-order valence-electron chi connectivity index (χ0n) is 12.9. The minimum absolute atomic E-state index is 0.228. The summed E-state index contributed by atoms with van der Waals surface area (Å²) < 4.78 is 5.14. The van der Waals surface area contributed by atoms with E-state index in [0.29, 0.717) is 0 Å². The van der Waals surface area contributed by atoms with E-state index in [0.717, 1.165) is 16.8 Å². The molecule has 2 N–H and O–H groups in total. The molecule has 2 aromatic rings. The van der Waals surface area contributed by atoms with E-state index in [1.807, 2.05) is 51.1 Å². The minimum Gasteiger partial charge on any atom is -0.444 e. The van der Waals surface area contributed by atoms with Crippen molar-refractivity contribution < 1.29 is 9.53 Å². The normalized spacial score (nSPS) is 10.5. The van der Waals surface area contributed by atoms with Gasteiger partial charge in [-0.15, -0.1) is 0 Å². The molecular formula is C17H19N3O2. The Morgan fingerprint density at radius 3 is 2.77 bits per heavy atom. The average Bonchev–Trinajstić information content (AvgIpc) is 2.96. The minimum atomic E-state index is -0.509. The summed E-state index contributed by atoms with van der Waals surface area (Å²) in [6.45, 7) is 5.68. The van der Waals surface area contributed by atoms with Crippen LogP contribution in [0.3, 0.4) is 0 Å². The van der Waals surface area contributed by atoms with Crippen LogP contribution in [0.2, 0.25) is 0 Å². The molecule has 2 rings (SSSR count).